The standard InChI is InChI=1S/C26H16ClNO5S3/c27-17-8-6-16(7-9-17)22-18(10-11-19-23(22)36-26(31)33-19)32-21(29)12-13-28-24(30)20(35-25(28)34)14-15-4-2-1-3-5-15/h1-11,14H,12-13H2/b20-14-. The summed E-state index contributed by atoms with van der Waals surface area (Å²) in [7, 11) is 0. The van der Waals surface area contributed by atoms with Crippen molar-refractivity contribution in [3.05, 3.63) is 92.0 Å². The minimum atomic E-state index is -0.540. The zero-order valence-corrected chi connectivity index (χ0v) is 21.6. The molecule has 2 heterocycles. The molecule has 3 aromatic carbocycles. The molecule has 4 aromatic rings. The number of nitrogens with zero attached hydrogens (tertiary/aromatic N) is 1. The van der Waals surface area contributed by atoms with Crippen molar-refractivity contribution in [3.63, 3.8) is 0 Å². The quantitative estimate of drug-likeness (QED) is 0.119. The van der Waals surface area contributed by atoms with Gasteiger partial charge in [0.05, 0.1) is 16.0 Å². The van der Waals surface area contributed by atoms with Crippen molar-refractivity contribution < 1.29 is 18.7 Å². The SMILES string of the molecule is O=C(CCN1C(=O)/C(=C/c2ccccc2)SC1=S)Oc1ccc2oc(=O)sc2c1-c1ccc(Cl)cc1. The smallest absolute Gasteiger partial charge is 0.396 e. The van der Waals surface area contributed by atoms with E-state index in [1.54, 1.807) is 42.5 Å². The molecule has 5 rings (SSSR count). The van der Waals surface area contributed by atoms with Crippen LogP contribution >= 0.6 is 46.9 Å². The van der Waals surface area contributed by atoms with E-state index in [9.17, 15) is 14.4 Å². The topological polar surface area (TPSA) is 76.8 Å². The van der Waals surface area contributed by atoms with Gasteiger partial charge in [0.25, 0.3) is 5.91 Å². The number of fused-ring (bicyclic) bond motifs is 1. The van der Waals surface area contributed by atoms with E-state index in [4.69, 9.17) is 33.0 Å². The number of hydrogen-bond donors (Lipinski definition) is 0. The Kier molecular flexibility index (Phi) is 7.06. The van der Waals surface area contributed by atoms with E-state index in [2.05, 4.69) is 0 Å². The fraction of sp³-hybridized carbons (Fsp3) is 0.0769. The Balaban J connectivity index is 1.34. The van der Waals surface area contributed by atoms with Crippen LogP contribution in [-0.4, -0.2) is 27.6 Å². The summed E-state index contributed by atoms with van der Waals surface area (Å²) < 4.78 is 11.9. The summed E-state index contributed by atoms with van der Waals surface area (Å²) in [6, 6.07) is 19.6. The summed E-state index contributed by atoms with van der Waals surface area (Å²) in [5, 5.41) is 0.551. The number of thioether (sulfide) groups is 1. The number of ether oxygens (including phenoxy) is 1. The van der Waals surface area contributed by atoms with Crippen LogP contribution in [0.25, 0.3) is 27.5 Å². The average Bonchev–Trinajstić information content (AvgIpc) is 3.37. The molecule has 0 radical (unpaired) electrons. The molecule has 1 saturated heterocycles. The maximum absolute atomic E-state index is 12.9. The van der Waals surface area contributed by atoms with E-state index < -0.39 is 10.9 Å². The number of halogens is 1. The first kappa shape index (κ1) is 24.5. The van der Waals surface area contributed by atoms with Crippen LogP contribution in [0.3, 0.4) is 0 Å². The molecule has 1 aromatic heterocycles. The lowest BCUT2D eigenvalue weighted by Gasteiger charge is -2.15. The number of carbonyl (C=O) groups is 2. The van der Waals surface area contributed by atoms with Crippen molar-refractivity contribution in [1.29, 1.82) is 0 Å². The Morgan fingerprint density at radius 3 is 2.56 bits per heavy atom. The van der Waals surface area contributed by atoms with Gasteiger partial charge >= 0.3 is 10.9 Å². The third kappa shape index (κ3) is 5.15. The molecular formula is C26H16ClNO5S3. The highest BCUT2D eigenvalue weighted by molar-refractivity contribution is 8.26. The zero-order valence-electron chi connectivity index (χ0n) is 18.4. The van der Waals surface area contributed by atoms with Crippen LogP contribution in [0.2, 0.25) is 5.02 Å². The number of benzene rings is 3. The lowest BCUT2D eigenvalue weighted by atomic mass is 10.0. The summed E-state index contributed by atoms with van der Waals surface area (Å²) in [6.07, 6.45) is 1.71. The van der Waals surface area contributed by atoms with Crippen LogP contribution < -0.4 is 9.68 Å². The molecular weight excluding hydrogens is 538 g/mol. The zero-order chi connectivity index (χ0) is 25.2. The average molecular weight is 554 g/mol. The number of thiocarbonyl (C=S) groups is 1. The first-order valence-corrected chi connectivity index (χ1v) is 13.1. The van der Waals surface area contributed by atoms with Crippen LogP contribution in [0.4, 0.5) is 0 Å². The Morgan fingerprint density at radius 1 is 1.06 bits per heavy atom. The van der Waals surface area contributed by atoms with E-state index in [0.717, 1.165) is 16.9 Å². The fourth-order valence-electron chi connectivity index (χ4n) is 3.67. The van der Waals surface area contributed by atoms with Gasteiger partial charge in [-0.05, 0) is 41.5 Å². The van der Waals surface area contributed by atoms with Crippen LogP contribution in [0.15, 0.2) is 80.8 Å². The maximum atomic E-state index is 12.9. The normalized spacial score (nSPS) is 14.7. The lowest BCUT2D eigenvalue weighted by Crippen LogP contribution is -2.31. The molecule has 1 amide bonds. The molecule has 0 bridgehead atoms. The highest BCUT2D eigenvalue weighted by atomic mass is 35.5. The van der Waals surface area contributed by atoms with Crippen molar-refractivity contribution in [3.8, 4) is 16.9 Å². The predicted molar refractivity (Wildman–Crippen MR) is 147 cm³/mol. The number of carbonyl (C=O) groups excluding carboxylic acids is 2. The second-order valence-electron chi connectivity index (χ2n) is 7.70. The number of rotatable bonds is 6. The van der Waals surface area contributed by atoms with Gasteiger partial charge in [0.15, 0.2) is 0 Å². The molecule has 10 heteroatoms. The summed E-state index contributed by atoms with van der Waals surface area (Å²) in [5.41, 5.74) is 2.57. The maximum Gasteiger partial charge on any atom is 0.396 e. The van der Waals surface area contributed by atoms with Crippen molar-refractivity contribution in [2.45, 2.75) is 6.42 Å². The van der Waals surface area contributed by atoms with E-state index in [0.29, 0.717) is 35.7 Å². The second-order valence-corrected chi connectivity index (χ2v) is 10.8. The fourth-order valence-corrected chi connectivity index (χ4v) is 5.93. The van der Waals surface area contributed by atoms with Crippen LogP contribution in [0.5, 0.6) is 5.75 Å². The molecule has 36 heavy (non-hydrogen) atoms. The molecule has 0 spiro atoms. The Morgan fingerprint density at radius 2 is 1.81 bits per heavy atom. The third-order valence-corrected chi connectivity index (χ3v) is 7.82. The van der Waals surface area contributed by atoms with Crippen molar-refractivity contribution in [2.75, 3.05) is 6.54 Å². The molecule has 0 unspecified atom stereocenters. The summed E-state index contributed by atoms with van der Waals surface area (Å²) in [5.74, 6) is -0.504. The summed E-state index contributed by atoms with van der Waals surface area (Å²) in [4.78, 5) is 39.0. The second kappa shape index (κ2) is 10.4. The monoisotopic (exact) mass is 553 g/mol. The molecule has 1 fully saturated rings. The Bertz CT molecular complexity index is 1570. The molecule has 1 aliphatic heterocycles. The molecule has 1 aliphatic rings. The highest BCUT2D eigenvalue weighted by Crippen LogP contribution is 2.39. The molecule has 0 atom stereocenters. The molecule has 0 saturated carbocycles. The van der Waals surface area contributed by atoms with Gasteiger partial charge in [-0.2, -0.15) is 0 Å². The van der Waals surface area contributed by atoms with Gasteiger partial charge in [0.2, 0.25) is 0 Å². The summed E-state index contributed by atoms with van der Waals surface area (Å²) in [6.45, 7) is 0.0905. The molecule has 180 valence electrons. The minimum Gasteiger partial charge on any atom is -0.426 e. The van der Waals surface area contributed by atoms with Gasteiger partial charge in [-0.15, -0.1) is 0 Å². The lowest BCUT2D eigenvalue weighted by molar-refractivity contribution is -0.134. The minimum absolute atomic E-state index is 0.0647. The molecule has 0 aliphatic carbocycles. The first-order valence-electron chi connectivity index (χ1n) is 10.7. The van der Waals surface area contributed by atoms with E-state index >= 15 is 0 Å². The molecule has 0 N–H and O–H groups in total. The highest BCUT2D eigenvalue weighted by Gasteiger charge is 2.32. The Labute approximate surface area is 224 Å². The third-order valence-electron chi connectivity index (χ3n) is 5.33. The van der Waals surface area contributed by atoms with Gasteiger partial charge in [-0.1, -0.05) is 89.4 Å². The van der Waals surface area contributed by atoms with Crippen LogP contribution in [-0.2, 0) is 9.59 Å². The van der Waals surface area contributed by atoms with Gasteiger partial charge in [0, 0.05) is 17.1 Å². The van der Waals surface area contributed by atoms with Gasteiger partial charge in [0.1, 0.15) is 15.7 Å². The van der Waals surface area contributed by atoms with E-state index in [-0.39, 0.29) is 24.6 Å². The largest absolute Gasteiger partial charge is 0.426 e. The van der Waals surface area contributed by atoms with Gasteiger partial charge < -0.3 is 9.15 Å². The van der Waals surface area contributed by atoms with Crippen LogP contribution in [0.1, 0.15) is 12.0 Å². The van der Waals surface area contributed by atoms with E-state index in [1.807, 2.05) is 30.3 Å². The molecule has 6 nitrogen and oxygen atoms in total. The van der Waals surface area contributed by atoms with E-state index in [1.165, 1.54) is 16.7 Å². The number of amides is 1. The summed E-state index contributed by atoms with van der Waals surface area (Å²) >= 11 is 13.5. The first-order chi connectivity index (χ1) is 17.4. The van der Waals surface area contributed by atoms with Gasteiger partial charge in [-0.3, -0.25) is 14.5 Å². The predicted octanol–water partition coefficient (Wildman–Crippen LogP) is 6.37. The number of esters is 1. The number of hydrogen-bond acceptors (Lipinski definition) is 8. The van der Waals surface area contributed by atoms with Crippen molar-refractivity contribution in [2.24, 2.45) is 0 Å². The van der Waals surface area contributed by atoms with Crippen LogP contribution in [0, 0.1) is 0 Å². The Hall–Kier alpha value is -3.24. The van der Waals surface area contributed by atoms with Gasteiger partial charge in [-0.25, -0.2) is 4.79 Å². The van der Waals surface area contributed by atoms with Crippen molar-refractivity contribution in [1.82, 2.24) is 4.90 Å². The van der Waals surface area contributed by atoms with Crippen molar-refractivity contribution >= 4 is 79.5 Å².